The molecule has 3 rings (SSSR count). The van der Waals surface area contributed by atoms with E-state index < -0.39 is 12.1 Å². The molecule has 136 valence electrons. The van der Waals surface area contributed by atoms with Gasteiger partial charge in [0, 0.05) is 20.1 Å². The van der Waals surface area contributed by atoms with Crippen molar-refractivity contribution in [3.05, 3.63) is 35.4 Å². The molecule has 2 heterocycles. The zero-order chi connectivity index (χ0) is 18.1. The summed E-state index contributed by atoms with van der Waals surface area (Å²) in [4.78, 5) is 28.7. The first-order valence-corrected chi connectivity index (χ1v) is 8.75. The minimum Gasteiger partial charge on any atom is -0.372 e. The molecule has 0 bridgehead atoms. The van der Waals surface area contributed by atoms with E-state index in [1.807, 2.05) is 45.0 Å². The van der Waals surface area contributed by atoms with Crippen molar-refractivity contribution < 1.29 is 19.1 Å². The molecule has 0 spiro atoms. The molecule has 0 unspecified atom stereocenters. The average Bonchev–Trinajstić information content (AvgIpc) is 2.57. The molecule has 0 aromatic heterocycles. The summed E-state index contributed by atoms with van der Waals surface area (Å²) in [7, 11) is 1.74. The Labute approximate surface area is 148 Å². The van der Waals surface area contributed by atoms with Crippen molar-refractivity contribution in [3.8, 4) is 0 Å². The molecule has 0 aliphatic carbocycles. The number of hydrogen-bond donors (Lipinski definition) is 0. The number of benzene rings is 1. The second-order valence-electron chi connectivity index (χ2n) is 7.09. The normalized spacial score (nSPS) is 30.5. The van der Waals surface area contributed by atoms with Crippen molar-refractivity contribution in [1.29, 1.82) is 0 Å². The van der Waals surface area contributed by atoms with Gasteiger partial charge in [0.1, 0.15) is 6.61 Å². The molecule has 2 fully saturated rings. The van der Waals surface area contributed by atoms with E-state index in [-0.39, 0.29) is 30.6 Å². The summed E-state index contributed by atoms with van der Waals surface area (Å²) >= 11 is 0. The number of carbonyl (C=O) groups excluding carboxylic acids is 2. The predicted molar refractivity (Wildman–Crippen MR) is 93.0 cm³/mol. The molecule has 0 radical (unpaired) electrons. The summed E-state index contributed by atoms with van der Waals surface area (Å²) in [5.41, 5.74) is 2.04. The minimum atomic E-state index is -0.692. The van der Waals surface area contributed by atoms with Gasteiger partial charge in [0.15, 0.2) is 6.10 Å². The van der Waals surface area contributed by atoms with E-state index in [1.54, 1.807) is 16.8 Å². The highest BCUT2D eigenvalue weighted by molar-refractivity contribution is 5.86. The smallest absolute Gasteiger partial charge is 0.254 e. The molecule has 6 nitrogen and oxygen atoms in total. The number of aryl methyl sites for hydroxylation is 1. The lowest BCUT2D eigenvalue weighted by Crippen LogP contribution is -2.57. The molecular formula is C19H26N2O4. The first-order chi connectivity index (χ1) is 11.9. The van der Waals surface area contributed by atoms with Crippen LogP contribution >= 0.6 is 0 Å². The lowest BCUT2D eigenvalue weighted by molar-refractivity contribution is -0.173. The molecule has 0 saturated carbocycles. The molecule has 0 N–H and O–H groups in total. The van der Waals surface area contributed by atoms with Crippen LogP contribution in [0.25, 0.3) is 0 Å². The molecular weight excluding hydrogens is 320 g/mol. The third kappa shape index (κ3) is 3.70. The van der Waals surface area contributed by atoms with Gasteiger partial charge in [-0.2, -0.15) is 0 Å². The number of likely N-dealkylation sites (N-methyl/N-ethyl adjacent to an activating group) is 1. The number of morpholine rings is 2. The summed E-state index contributed by atoms with van der Waals surface area (Å²) in [6.45, 7) is 6.96. The van der Waals surface area contributed by atoms with Gasteiger partial charge in [-0.3, -0.25) is 9.59 Å². The molecule has 2 aliphatic heterocycles. The second-order valence-corrected chi connectivity index (χ2v) is 7.09. The first-order valence-electron chi connectivity index (χ1n) is 8.75. The standard InChI is InChI=1S/C19H26N2O4/c1-12-5-7-15(8-6-12)17-18(24-11-16(22)20(17)4)19(23)21-9-13(2)25-14(3)10-21/h5-8,13-14,17-18H,9-11H2,1-4H3/t13-,14+,17-,18+/m1/s1. The van der Waals surface area contributed by atoms with Crippen LogP contribution in [-0.2, 0) is 19.1 Å². The molecule has 25 heavy (non-hydrogen) atoms. The van der Waals surface area contributed by atoms with Crippen molar-refractivity contribution >= 4 is 11.8 Å². The highest BCUT2D eigenvalue weighted by atomic mass is 16.5. The van der Waals surface area contributed by atoms with Crippen LogP contribution in [0.4, 0.5) is 0 Å². The fourth-order valence-electron chi connectivity index (χ4n) is 3.62. The summed E-state index contributed by atoms with van der Waals surface area (Å²) < 4.78 is 11.4. The summed E-state index contributed by atoms with van der Waals surface area (Å²) in [6.07, 6.45) is -0.704. The van der Waals surface area contributed by atoms with Crippen LogP contribution in [0, 0.1) is 6.92 Å². The van der Waals surface area contributed by atoms with E-state index in [9.17, 15) is 9.59 Å². The SMILES string of the molecule is Cc1ccc([C@@H]2[C@@H](C(=O)N3C[C@@H](C)O[C@@H](C)C3)OCC(=O)N2C)cc1. The Morgan fingerprint density at radius 2 is 1.72 bits per heavy atom. The van der Waals surface area contributed by atoms with Gasteiger partial charge >= 0.3 is 0 Å². The highest BCUT2D eigenvalue weighted by Crippen LogP contribution is 2.31. The molecule has 1 aromatic rings. The Morgan fingerprint density at radius 3 is 2.32 bits per heavy atom. The van der Waals surface area contributed by atoms with E-state index in [1.165, 1.54) is 0 Å². The van der Waals surface area contributed by atoms with Crippen molar-refractivity contribution in [1.82, 2.24) is 9.80 Å². The zero-order valence-electron chi connectivity index (χ0n) is 15.3. The number of ether oxygens (including phenoxy) is 2. The minimum absolute atomic E-state index is 0.00604. The van der Waals surface area contributed by atoms with Crippen molar-refractivity contribution in [2.45, 2.75) is 45.1 Å². The fraction of sp³-hybridized carbons (Fsp3) is 0.579. The van der Waals surface area contributed by atoms with Gasteiger partial charge in [-0.1, -0.05) is 29.8 Å². The summed E-state index contributed by atoms with van der Waals surface area (Å²) in [5.74, 6) is -0.190. The van der Waals surface area contributed by atoms with Gasteiger partial charge in [0.2, 0.25) is 5.91 Å². The molecule has 2 saturated heterocycles. The molecule has 1 aromatic carbocycles. The van der Waals surface area contributed by atoms with E-state index in [0.717, 1.165) is 11.1 Å². The average molecular weight is 346 g/mol. The molecule has 4 atom stereocenters. The van der Waals surface area contributed by atoms with E-state index in [2.05, 4.69) is 0 Å². The maximum atomic E-state index is 13.2. The predicted octanol–water partition coefficient (Wildman–Crippen LogP) is 1.53. The van der Waals surface area contributed by atoms with E-state index in [0.29, 0.717) is 13.1 Å². The maximum Gasteiger partial charge on any atom is 0.254 e. The quantitative estimate of drug-likeness (QED) is 0.815. The third-order valence-corrected chi connectivity index (χ3v) is 4.88. The van der Waals surface area contributed by atoms with E-state index in [4.69, 9.17) is 9.47 Å². The van der Waals surface area contributed by atoms with Crippen molar-refractivity contribution in [2.75, 3.05) is 26.7 Å². The Bertz CT molecular complexity index is 635. The van der Waals surface area contributed by atoms with Gasteiger partial charge in [-0.05, 0) is 26.3 Å². The number of carbonyl (C=O) groups is 2. The monoisotopic (exact) mass is 346 g/mol. The van der Waals surface area contributed by atoms with Gasteiger partial charge in [-0.25, -0.2) is 0 Å². The molecule has 6 heteroatoms. The largest absolute Gasteiger partial charge is 0.372 e. The molecule has 2 amide bonds. The summed E-state index contributed by atoms with van der Waals surface area (Å²) in [5, 5.41) is 0. The van der Waals surface area contributed by atoms with Gasteiger partial charge in [0.25, 0.3) is 5.91 Å². The van der Waals surface area contributed by atoms with Crippen LogP contribution < -0.4 is 0 Å². The van der Waals surface area contributed by atoms with Crippen LogP contribution in [-0.4, -0.2) is 66.7 Å². The summed E-state index contributed by atoms with van der Waals surface area (Å²) in [6, 6.07) is 7.49. The number of nitrogens with zero attached hydrogens (tertiary/aromatic N) is 2. The van der Waals surface area contributed by atoms with Crippen LogP contribution in [0.5, 0.6) is 0 Å². The van der Waals surface area contributed by atoms with Gasteiger partial charge in [0.05, 0.1) is 18.2 Å². The Kier molecular flexibility index (Phi) is 5.11. The van der Waals surface area contributed by atoms with Crippen LogP contribution in [0.2, 0.25) is 0 Å². The number of hydrogen-bond acceptors (Lipinski definition) is 4. The van der Waals surface area contributed by atoms with Crippen LogP contribution in [0.1, 0.15) is 31.0 Å². The Morgan fingerprint density at radius 1 is 1.12 bits per heavy atom. The van der Waals surface area contributed by atoms with Crippen molar-refractivity contribution in [3.63, 3.8) is 0 Å². The fourth-order valence-corrected chi connectivity index (χ4v) is 3.62. The second kappa shape index (κ2) is 7.14. The molecule has 2 aliphatic rings. The Balaban J connectivity index is 1.87. The number of rotatable bonds is 2. The van der Waals surface area contributed by atoms with E-state index >= 15 is 0 Å². The Hall–Kier alpha value is -1.92. The van der Waals surface area contributed by atoms with Crippen molar-refractivity contribution in [2.24, 2.45) is 0 Å². The van der Waals surface area contributed by atoms with Crippen LogP contribution in [0.15, 0.2) is 24.3 Å². The zero-order valence-corrected chi connectivity index (χ0v) is 15.3. The van der Waals surface area contributed by atoms with Gasteiger partial charge < -0.3 is 19.3 Å². The topological polar surface area (TPSA) is 59.1 Å². The highest BCUT2D eigenvalue weighted by Gasteiger charge is 2.42. The first kappa shape index (κ1) is 17.9. The van der Waals surface area contributed by atoms with Crippen LogP contribution in [0.3, 0.4) is 0 Å². The maximum absolute atomic E-state index is 13.2. The van der Waals surface area contributed by atoms with Gasteiger partial charge in [-0.15, -0.1) is 0 Å². The lowest BCUT2D eigenvalue weighted by Gasteiger charge is -2.42. The number of amides is 2. The third-order valence-electron chi connectivity index (χ3n) is 4.88. The lowest BCUT2D eigenvalue weighted by atomic mass is 9.96.